The van der Waals surface area contributed by atoms with Crippen molar-refractivity contribution in [3.63, 3.8) is 0 Å². The molecule has 0 bridgehead atoms. The minimum Gasteiger partial charge on any atom is -0.481 e. The number of rotatable bonds is 4. The number of aryl methyl sites for hydroxylation is 1. The highest BCUT2D eigenvalue weighted by atomic mass is 16.4. The van der Waals surface area contributed by atoms with Crippen LogP contribution in [0.15, 0.2) is 34.7 Å². The van der Waals surface area contributed by atoms with Crippen LogP contribution in [0.4, 0.5) is 0 Å². The normalized spacial score (nSPS) is 10.7. The highest BCUT2D eigenvalue weighted by Crippen LogP contribution is 2.24. The van der Waals surface area contributed by atoms with E-state index in [2.05, 4.69) is 0 Å². The van der Waals surface area contributed by atoms with E-state index >= 15 is 0 Å². The number of hydrogen-bond donors (Lipinski definition) is 1. The summed E-state index contributed by atoms with van der Waals surface area (Å²) >= 11 is 0. The zero-order valence-electron chi connectivity index (χ0n) is 8.27. The molecule has 1 aliphatic carbocycles. The second-order valence-corrected chi connectivity index (χ2v) is 3.49. The molecule has 0 amide bonds. The lowest BCUT2D eigenvalue weighted by molar-refractivity contribution is -0.137. The Morgan fingerprint density at radius 3 is 2.93 bits per heavy atom. The molecule has 0 atom stereocenters. The van der Waals surface area contributed by atoms with Crippen molar-refractivity contribution >= 4 is 5.97 Å². The average Bonchev–Trinajstić information content (AvgIpc) is 2.64. The van der Waals surface area contributed by atoms with Crippen LogP contribution in [0.1, 0.15) is 18.6 Å². The Balaban J connectivity index is 2.03. The fraction of sp³-hybridized carbons (Fsp3) is 0.250. The maximum Gasteiger partial charge on any atom is 0.303 e. The monoisotopic (exact) mass is 204 g/mol. The molecule has 0 radical (unpaired) electrons. The van der Waals surface area contributed by atoms with E-state index in [1.807, 2.05) is 30.3 Å². The Morgan fingerprint density at radius 1 is 1.27 bits per heavy atom. The Morgan fingerprint density at radius 2 is 2.13 bits per heavy atom. The van der Waals surface area contributed by atoms with Gasteiger partial charge in [0.2, 0.25) is 0 Å². The van der Waals surface area contributed by atoms with Crippen molar-refractivity contribution in [1.29, 1.82) is 0 Å². The highest BCUT2D eigenvalue weighted by Gasteiger charge is 2.06. The molecule has 2 aliphatic rings. The van der Waals surface area contributed by atoms with E-state index in [9.17, 15) is 4.79 Å². The van der Waals surface area contributed by atoms with Gasteiger partial charge in [-0.05, 0) is 24.6 Å². The van der Waals surface area contributed by atoms with Crippen LogP contribution >= 0.6 is 0 Å². The lowest BCUT2D eigenvalue weighted by Crippen LogP contribution is -1.95. The first-order valence-electron chi connectivity index (χ1n) is 4.95. The lowest BCUT2D eigenvalue weighted by atomic mass is 10.1. The summed E-state index contributed by atoms with van der Waals surface area (Å²) in [5, 5.41) is 8.50. The summed E-state index contributed by atoms with van der Waals surface area (Å²) in [5.41, 5.74) is 1.08. The molecule has 0 aromatic carbocycles. The summed E-state index contributed by atoms with van der Waals surface area (Å²) in [5.74, 6) is 0.946. The van der Waals surface area contributed by atoms with E-state index in [1.165, 1.54) is 0 Å². The Kier molecular flexibility index (Phi) is 2.72. The van der Waals surface area contributed by atoms with E-state index in [1.54, 1.807) is 0 Å². The number of fused-ring (bicyclic) bond motifs is 1. The van der Waals surface area contributed by atoms with Gasteiger partial charge in [0.05, 0.1) is 0 Å². The zero-order valence-corrected chi connectivity index (χ0v) is 8.27. The SMILES string of the molecule is O=C(O)CCCc1ccc2cccc-2o1. The van der Waals surface area contributed by atoms with Crippen LogP contribution in [0, 0.1) is 0 Å². The molecule has 1 heterocycles. The van der Waals surface area contributed by atoms with Crippen molar-refractivity contribution in [2.45, 2.75) is 19.3 Å². The fourth-order valence-corrected chi connectivity index (χ4v) is 1.55. The van der Waals surface area contributed by atoms with Gasteiger partial charge >= 0.3 is 5.97 Å². The first kappa shape index (κ1) is 9.77. The number of carboxylic acids is 1. The van der Waals surface area contributed by atoms with Crippen LogP contribution < -0.4 is 0 Å². The molecular formula is C12H12O3. The van der Waals surface area contributed by atoms with E-state index in [0.717, 1.165) is 17.1 Å². The van der Waals surface area contributed by atoms with Gasteiger partial charge in [-0.25, -0.2) is 0 Å². The van der Waals surface area contributed by atoms with Gasteiger partial charge < -0.3 is 9.52 Å². The minimum atomic E-state index is -0.760. The summed E-state index contributed by atoms with van der Waals surface area (Å²) in [4.78, 5) is 10.3. The number of carbonyl (C=O) groups is 1. The summed E-state index contributed by atoms with van der Waals surface area (Å²) in [6, 6.07) is 9.74. The highest BCUT2D eigenvalue weighted by molar-refractivity contribution is 5.66. The maximum absolute atomic E-state index is 10.3. The predicted molar refractivity (Wildman–Crippen MR) is 55.9 cm³/mol. The molecule has 0 saturated carbocycles. The number of hydrogen-bond acceptors (Lipinski definition) is 2. The van der Waals surface area contributed by atoms with Gasteiger partial charge in [-0.3, -0.25) is 4.79 Å². The maximum atomic E-state index is 10.3. The molecule has 15 heavy (non-hydrogen) atoms. The quantitative estimate of drug-likeness (QED) is 0.833. The fourth-order valence-electron chi connectivity index (χ4n) is 1.55. The molecule has 1 aliphatic heterocycles. The molecule has 0 aromatic heterocycles. The zero-order chi connectivity index (χ0) is 10.7. The largest absolute Gasteiger partial charge is 0.481 e. The molecule has 0 spiro atoms. The summed E-state index contributed by atoms with van der Waals surface area (Å²) < 4.78 is 5.59. The third kappa shape index (κ3) is 2.37. The van der Waals surface area contributed by atoms with Gasteiger partial charge in [0.25, 0.3) is 0 Å². The van der Waals surface area contributed by atoms with Crippen LogP contribution in [-0.4, -0.2) is 11.1 Å². The second-order valence-electron chi connectivity index (χ2n) is 3.49. The molecule has 0 fully saturated rings. The molecule has 78 valence electrons. The van der Waals surface area contributed by atoms with E-state index in [-0.39, 0.29) is 6.42 Å². The average molecular weight is 204 g/mol. The Labute approximate surface area is 87.7 Å². The van der Waals surface area contributed by atoms with Crippen molar-refractivity contribution in [3.05, 3.63) is 36.1 Å². The van der Waals surface area contributed by atoms with Crippen LogP contribution in [0.3, 0.4) is 0 Å². The van der Waals surface area contributed by atoms with Crippen molar-refractivity contribution < 1.29 is 14.3 Å². The second kappa shape index (κ2) is 4.17. The molecule has 0 aromatic rings. The molecule has 0 saturated heterocycles. The van der Waals surface area contributed by atoms with Crippen molar-refractivity contribution in [3.8, 4) is 11.3 Å². The van der Waals surface area contributed by atoms with Gasteiger partial charge in [0.15, 0.2) is 0 Å². The van der Waals surface area contributed by atoms with Crippen LogP contribution in [0.25, 0.3) is 11.3 Å². The van der Waals surface area contributed by atoms with Crippen molar-refractivity contribution in [2.75, 3.05) is 0 Å². The van der Waals surface area contributed by atoms with Crippen molar-refractivity contribution in [2.24, 2.45) is 0 Å². The van der Waals surface area contributed by atoms with Crippen molar-refractivity contribution in [1.82, 2.24) is 0 Å². The lowest BCUT2D eigenvalue weighted by Gasteiger charge is -2.03. The molecule has 1 N–H and O–H groups in total. The molecule has 2 rings (SSSR count). The van der Waals surface area contributed by atoms with Gasteiger partial charge in [-0.2, -0.15) is 0 Å². The minimum absolute atomic E-state index is 0.189. The Bertz CT molecular complexity index is 430. The van der Waals surface area contributed by atoms with Gasteiger partial charge in [-0.15, -0.1) is 0 Å². The summed E-state index contributed by atoms with van der Waals surface area (Å²) in [6.07, 6.45) is 1.48. The third-order valence-electron chi connectivity index (χ3n) is 2.31. The molecule has 3 nitrogen and oxygen atoms in total. The van der Waals surface area contributed by atoms with Gasteiger partial charge in [-0.1, -0.05) is 12.1 Å². The van der Waals surface area contributed by atoms with E-state index in [4.69, 9.17) is 9.52 Å². The topological polar surface area (TPSA) is 50.4 Å². The van der Waals surface area contributed by atoms with Crippen LogP contribution in [0.2, 0.25) is 0 Å². The molecule has 3 heteroatoms. The molecular weight excluding hydrogens is 192 g/mol. The first-order chi connectivity index (χ1) is 7.25. The standard InChI is InChI=1S/C12H12O3/c13-12(14)6-2-4-10-8-7-9-3-1-5-11(9)15-10/h1,3,5,7-8H,2,4,6H2,(H,13,14). The molecule has 0 unspecified atom stereocenters. The Hall–Kier alpha value is -1.77. The van der Waals surface area contributed by atoms with Crippen LogP contribution in [-0.2, 0) is 11.2 Å². The van der Waals surface area contributed by atoms with Crippen LogP contribution in [0.5, 0.6) is 0 Å². The van der Waals surface area contributed by atoms with E-state index in [0.29, 0.717) is 12.8 Å². The predicted octanol–water partition coefficient (Wildman–Crippen LogP) is 2.79. The summed E-state index contributed by atoms with van der Waals surface area (Å²) in [7, 11) is 0. The third-order valence-corrected chi connectivity index (χ3v) is 2.31. The van der Waals surface area contributed by atoms with Gasteiger partial charge in [0, 0.05) is 18.4 Å². The first-order valence-corrected chi connectivity index (χ1v) is 4.95. The van der Waals surface area contributed by atoms with E-state index < -0.39 is 5.97 Å². The summed E-state index contributed by atoms with van der Waals surface area (Å²) in [6.45, 7) is 0. The van der Waals surface area contributed by atoms with Gasteiger partial charge in [0.1, 0.15) is 11.5 Å². The smallest absolute Gasteiger partial charge is 0.303 e. The number of aliphatic carboxylic acids is 1. The number of carboxylic acid groups (broad SMARTS) is 1.